The van der Waals surface area contributed by atoms with Gasteiger partial charge in [0.25, 0.3) is 0 Å². The van der Waals surface area contributed by atoms with Crippen molar-refractivity contribution in [3.8, 4) is 0 Å². The first-order valence-electron chi connectivity index (χ1n) is 6.52. The van der Waals surface area contributed by atoms with Gasteiger partial charge in [-0.15, -0.1) is 7.02 Å². The second-order valence-electron chi connectivity index (χ2n) is 7.00. The maximum absolute atomic E-state index is 2.63. The summed E-state index contributed by atoms with van der Waals surface area (Å²) < 4.78 is 0. The highest BCUT2D eigenvalue weighted by Crippen LogP contribution is 2.61. The minimum absolute atomic E-state index is 0.417. The minimum Gasteiger partial charge on any atom is -0.127 e. The Morgan fingerprint density at radius 1 is 0.733 bits per heavy atom. The topological polar surface area (TPSA) is 0 Å². The quantitative estimate of drug-likeness (QED) is 0.466. The van der Waals surface area contributed by atoms with E-state index in [-0.39, 0.29) is 0 Å². The van der Waals surface area contributed by atoms with Crippen LogP contribution in [0.1, 0.15) is 32.1 Å². The molecule has 0 aromatic carbocycles. The summed E-state index contributed by atoms with van der Waals surface area (Å²) in [5, 5.41) is 0. The van der Waals surface area contributed by atoms with Crippen LogP contribution in [0.25, 0.3) is 0 Å². The van der Waals surface area contributed by atoms with Crippen LogP contribution in [-0.4, -0.2) is 21.1 Å². The van der Waals surface area contributed by atoms with Gasteiger partial charge in [-0.25, -0.2) is 0 Å². The van der Waals surface area contributed by atoms with Crippen LogP contribution in [0.4, 0.5) is 0 Å². The van der Waals surface area contributed by atoms with E-state index in [1.165, 1.54) is 19.3 Å². The molecule has 0 radical (unpaired) electrons. The van der Waals surface area contributed by atoms with E-state index < -0.39 is 15.5 Å². The molecule has 0 unspecified atom stereocenters. The molecule has 1 aliphatic carbocycles. The average Bonchev–Trinajstić information content (AvgIpc) is 2.00. The van der Waals surface area contributed by atoms with Gasteiger partial charge in [-0.05, 0) is 18.5 Å². The summed E-state index contributed by atoms with van der Waals surface area (Å²) in [4.78, 5) is 0. The number of hydrogen-bond acceptors (Lipinski definition) is 0. The van der Waals surface area contributed by atoms with Gasteiger partial charge in [-0.3, -0.25) is 0 Å². The molecule has 1 rings (SSSR count). The smallest absolute Gasteiger partial charge is 0.0682 e. The van der Waals surface area contributed by atoms with Crippen molar-refractivity contribution in [1.82, 2.24) is 0 Å². The predicted octanol–water partition coefficient (Wildman–Crippen LogP) is 5.47. The predicted molar refractivity (Wildman–Crippen MR) is 80.5 cm³/mol. The Bertz CT molecular complexity index is 183. The van der Waals surface area contributed by atoms with Crippen molar-refractivity contribution >= 4 is 22.5 Å². The maximum Gasteiger partial charge on any atom is 0.0682 e. The molecule has 0 atom stereocenters. The normalized spacial score (nSPS) is 21.0. The third-order valence-corrected chi connectivity index (χ3v) is 30.5. The van der Waals surface area contributed by atoms with Gasteiger partial charge in [-0.2, -0.15) is 0 Å². The zero-order valence-electron chi connectivity index (χ0n) is 11.6. The van der Waals surface area contributed by atoms with Gasteiger partial charge in [0.15, 0.2) is 0 Å². The molecule has 15 heavy (non-hydrogen) atoms. The van der Waals surface area contributed by atoms with Crippen molar-refractivity contribution in [2.75, 3.05) is 0 Å². The molecule has 0 nitrogen and oxygen atoms in total. The van der Waals surface area contributed by atoms with E-state index in [9.17, 15) is 0 Å². The van der Waals surface area contributed by atoms with E-state index in [4.69, 9.17) is 0 Å². The first-order chi connectivity index (χ1) is 6.73. The molecule has 0 aromatic rings. The van der Waals surface area contributed by atoms with Gasteiger partial charge in [0.05, 0.1) is 15.5 Å². The Kier molecular flexibility index (Phi) is 4.66. The lowest BCUT2D eigenvalue weighted by molar-refractivity contribution is 0.513. The molecule has 1 saturated carbocycles. The fourth-order valence-electron chi connectivity index (χ4n) is 3.44. The zero-order chi connectivity index (χ0) is 11.7. The first-order valence-corrected chi connectivity index (χ1v) is 16.6. The Balaban J connectivity index is 2.80. The first kappa shape index (κ1) is 13.9. The second-order valence-corrected chi connectivity index (χ2v) is 29.4. The Hall–Kier alpha value is 0.864. The highest BCUT2D eigenvalue weighted by atomic mass is 31.6. The van der Waals surface area contributed by atoms with Crippen molar-refractivity contribution in [3.05, 3.63) is 0 Å². The van der Waals surface area contributed by atoms with Gasteiger partial charge in [0, 0.05) is 0 Å². The summed E-state index contributed by atoms with van der Waals surface area (Å²) in [5.41, 5.74) is 1.16. The lowest BCUT2D eigenvalue weighted by Crippen LogP contribution is -2.38. The fourth-order valence-corrected chi connectivity index (χ4v) is 40.8. The van der Waals surface area contributed by atoms with Gasteiger partial charge in [0.2, 0.25) is 0 Å². The summed E-state index contributed by atoms with van der Waals surface area (Å²) in [6.45, 7) is 15.8. The standard InChI is InChI=1S/C12H29PSi2/c1-14(2,3)13(15(4,5)6)12-10-8-7-9-11-12/h12H,7-11H2,1-6H3. The van der Waals surface area contributed by atoms with Crippen LogP contribution in [0.15, 0.2) is 0 Å². The Morgan fingerprint density at radius 2 is 1.13 bits per heavy atom. The lowest BCUT2D eigenvalue weighted by atomic mass is 10.0. The minimum atomic E-state index is -0.883. The van der Waals surface area contributed by atoms with Crippen molar-refractivity contribution in [3.63, 3.8) is 0 Å². The van der Waals surface area contributed by atoms with E-state index in [0.29, 0.717) is 7.02 Å². The summed E-state index contributed by atoms with van der Waals surface area (Å²) in [7, 11) is -1.35. The van der Waals surface area contributed by atoms with Crippen molar-refractivity contribution in [1.29, 1.82) is 0 Å². The van der Waals surface area contributed by atoms with E-state index in [1.54, 1.807) is 12.8 Å². The van der Waals surface area contributed by atoms with Gasteiger partial charge < -0.3 is 0 Å². The molecule has 1 aliphatic rings. The molecule has 3 heteroatoms. The van der Waals surface area contributed by atoms with Crippen LogP contribution < -0.4 is 0 Å². The molecule has 0 spiro atoms. The molecule has 0 amide bonds. The third kappa shape index (κ3) is 3.98. The number of rotatable bonds is 3. The summed E-state index contributed by atoms with van der Waals surface area (Å²) >= 11 is 0. The number of hydrogen-bond donors (Lipinski definition) is 0. The lowest BCUT2D eigenvalue weighted by Gasteiger charge is -2.46. The largest absolute Gasteiger partial charge is 0.127 e. The molecule has 1 fully saturated rings. The molecule has 0 saturated heterocycles. The SMILES string of the molecule is C[Si](C)(C)P(C1CCCCC1)[Si](C)(C)C. The fraction of sp³-hybridized carbons (Fsp3) is 1.00. The highest BCUT2D eigenvalue weighted by molar-refractivity contribution is 8.18. The van der Waals surface area contributed by atoms with E-state index >= 15 is 0 Å². The van der Waals surface area contributed by atoms with Gasteiger partial charge in [-0.1, -0.05) is 58.5 Å². The molecule has 0 N–H and O–H groups in total. The second kappa shape index (κ2) is 5.02. The zero-order valence-corrected chi connectivity index (χ0v) is 14.5. The molecular formula is C12H29PSi2. The Labute approximate surface area is 99.7 Å². The highest BCUT2D eigenvalue weighted by Gasteiger charge is 2.41. The molecule has 0 aliphatic heterocycles. The monoisotopic (exact) mass is 260 g/mol. The Morgan fingerprint density at radius 3 is 1.47 bits per heavy atom. The molecule has 0 bridgehead atoms. The molecule has 90 valence electrons. The van der Waals surface area contributed by atoms with Crippen molar-refractivity contribution in [2.45, 2.75) is 77.0 Å². The van der Waals surface area contributed by atoms with Crippen molar-refractivity contribution < 1.29 is 0 Å². The average molecular weight is 261 g/mol. The van der Waals surface area contributed by atoms with E-state index in [2.05, 4.69) is 39.3 Å². The third-order valence-electron chi connectivity index (χ3n) is 3.39. The van der Waals surface area contributed by atoms with Crippen LogP contribution in [0.3, 0.4) is 0 Å². The van der Waals surface area contributed by atoms with Crippen LogP contribution in [0.5, 0.6) is 0 Å². The van der Waals surface area contributed by atoms with Crippen molar-refractivity contribution in [2.24, 2.45) is 0 Å². The maximum atomic E-state index is 2.63. The summed E-state index contributed by atoms with van der Waals surface area (Å²) in [6, 6.07) is 0. The van der Waals surface area contributed by atoms with Gasteiger partial charge in [0.1, 0.15) is 0 Å². The summed E-state index contributed by atoms with van der Waals surface area (Å²) in [5.74, 6) is 0. The molecule has 0 aromatic heterocycles. The van der Waals surface area contributed by atoms with Crippen LogP contribution in [0, 0.1) is 0 Å². The van der Waals surface area contributed by atoms with Crippen LogP contribution in [-0.2, 0) is 0 Å². The molecular weight excluding hydrogens is 231 g/mol. The van der Waals surface area contributed by atoms with Crippen LogP contribution in [0.2, 0.25) is 39.3 Å². The molecule has 0 heterocycles. The van der Waals surface area contributed by atoms with E-state index in [1.807, 2.05) is 0 Å². The van der Waals surface area contributed by atoms with Crippen LogP contribution >= 0.6 is 7.02 Å². The summed E-state index contributed by atoms with van der Waals surface area (Å²) in [6.07, 6.45) is 7.70. The van der Waals surface area contributed by atoms with Gasteiger partial charge >= 0.3 is 0 Å². The van der Waals surface area contributed by atoms with E-state index in [0.717, 1.165) is 5.66 Å².